The smallest absolute Gasteiger partial charge is 0.253 e. The van der Waals surface area contributed by atoms with Crippen molar-refractivity contribution in [3.8, 4) is 0 Å². The van der Waals surface area contributed by atoms with E-state index in [2.05, 4.69) is 17.2 Å². The van der Waals surface area contributed by atoms with Crippen molar-refractivity contribution in [1.82, 2.24) is 9.88 Å². The van der Waals surface area contributed by atoms with E-state index in [-0.39, 0.29) is 5.91 Å². The summed E-state index contributed by atoms with van der Waals surface area (Å²) in [6.07, 6.45) is 0.468. The monoisotopic (exact) mass is 265 g/mol. The molecule has 0 saturated heterocycles. The Balaban J connectivity index is 2.87. The fourth-order valence-corrected chi connectivity index (χ4v) is 1.84. The number of pyridine rings is 1. The van der Waals surface area contributed by atoms with Gasteiger partial charge in [0.2, 0.25) is 0 Å². The van der Waals surface area contributed by atoms with Gasteiger partial charge in [-0.25, -0.2) is 4.98 Å². The van der Waals surface area contributed by atoms with E-state index in [0.717, 1.165) is 24.5 Å². The van der Waals surface area contributed by atoms with Crippen molar-refractivity contribution in [3.05, 3.63) is 23.4 Å². The van der Waals surface area contributed by atoms with Crippen LogP contribution < -0.4 is 5.32 Å². The molecule has 0 aliphatic rings. The lowest BCUT2D eigenvalue weighted by Gasteiger charge is -2.19. The van der Waals surface area contributed by atoms with Gasteiger partial charge >= 0.3 is 0 Å². The molecular formula is C14H23N3O2. The van der Waals surface area contributed by atoms with Crippen molar-refractivity contribution in [3.63, 3.8) is 0 Å². The summed E-state index contributed by atoms with van der Waals surface area (Å²) in [6.45, 7) is 6.75. The van der Waals surface area contributed by atoms with Crippen molar-refractivity contribution >= 4 is 11.7 Å². The maximum absolute atomic E-state index is 12.2. The largest absolute Gasteiger partial charge is 0.392 e. The Kier molecular flexibility index (Phi) is 5.76. The zero-order valence-electron chi connectivity index (χ0n) is 12.1. The number of anilines is 1. The molecule has 1 heterocycles. The second-order valence-corrected chi connectivity index (χ2v) is 4.84. The molecule has 1 amide bonds. The molecular weight excluding hydrogens is 242 g/mol. The minimum Gasteiger partial charge on any atom is -0.392 e. The summed E-state index contributed by atoms with van der Waals surface area (Å²) in [7, 11) is 1.68. The fraction of sp³-hybridized carbons (Fsp3) is 0.571. The first-order valence-electron chi connectivity index (χ1n) is 6.60. The number of hydrogen-bond acceptors (Lipinski definition) is 4. The van der Waals surface area contributed by atoms with Crippen molar-refractivity contribution in [1.29, 1.82) is 0 Å². The van der Waals surface area contributed by atoms with Crippen LogP contribution in [0.3, 0.4) is 0 Å². The van der Waals surface area contributed by atoms with E-state index in [1.807, 2.05) is 6.92 Å². The van der Waals surface area contributed by atoms with E-state index in [1.54, 1.807) is 26.1 Å². The molecule has 2 N–H and O–H groups in total. The summed E-state index contributed by atoms with van der Waals surface area (Å²) in [4.78, 5) is 18.1. The number of aliphatic hydroxyl groups is 1. The Morgan fingerprint density at radius 3 is 2.79 bits per heavy atom. The molecule has 1 atom stereocenters. The number of nitrogens with one attached hydrogen (secondary N) is 1. The predicted octanol–water partition coefficient (Wildman–Crippen LogP) is 1.66. The van der Waals surface area contributed by atoms with Gasteiger partial charge in [0.1, 0.15) is 5.82 Å². The summed E-state index contributed by atoms with van der Waals surface area (Å²) in [5.41, 5.74) is 1.39. The zero-order chi connectivity index (χ0) is 14.4. The zero-order valence-corrected chi connectivity index (χ0v) is 12.1. The van der Waals surface area contributed by atoms with Gasteiger partial charge in [-0.2, -0.15) is 0 Å². The van der Waals surface area contributed by atoms with Gasteiger partial charge in [-0.15, -0.1) is 0 Å². The molecule has 5 heteroatoms. The third-order valence-electron chi connectivity index (χ3n) is 2.64. The predicted molar refractivity (Wildman–Crippen MR) is 76.4 cm³/mol. The van der Waals surface area contributed by atoms with Gasteiger partial charge in [0, 0.05) is 31.4 Å². The van der Waals surface area contributed by atoms with Crippen LogP contribution in [0.25, 0.3) is 0 Å². The van der Waals surface area contributed by atoms with Gasteiger partial charge in [0.25, 0.3) is 5.91 Å². The Morgan fingerprint density at radius 2 is 2.21 bits per heavy atom. The van der Waals surface area contributed by atoms with Crippen molar-refractivity contribution in [2.24, 2.45) is 0 Å². The molecule has 106 valence electrons. The number of carbonyl (C=O) groups excluding carboxylic acids is 1. The van der Waals surface area contributed by atoms with Crippen LogP contribution in [0, 0.1) is 6.92 Å². The van der Waals surface area contributed by atoms with E-state index >= 15 is 0 Å². The molecule has 0 fully saturated rings. The quantitative estimate of drug-likeness (QED) is 0.821. The molecule has 5 nitrogen and oxygen atoms in total. The molecule has 1 rings (SSSR count). The molecule has 1 aromatic rings. The second-order valence-electron chi connectivity index (χ2n) is 4.84. The SMILES string of the molecule is CCCNc1cc(C(=O)N(C)CC(C)O)cc(C)n1. The Morgan fingerprint density at radius 1 is 1.53 bits per heavy atom. The van der Waals surface area contributed by atoms with Gasteiger partial charge in [-0.05, 0) is 32.4 Å². The minimum atomic E-state index is -0.533. The minimum absolute atomic E-state index is 0.106. The van der Waals surface area contributed by atoms with Crippen LogP contribution in [0.4, 0.5) is 5.82 Å². The number of carbonyl (C=O) groups is 1. The number of nitrogens with zero attached hydrogens (tertiary/aromatic N) is 2. The molecule has 1 aromatic heterocycles. The van der Waals surface area contributed by atoms with E-state index in [4.69, 9.17) is 0 Å². The topological polar surface area (TPSA) is 65.5 Å². The molecule has 19 heavy (non-hydrogen) atoms. The molecule has 0 saturated carbocycles. The summed E-state index contributed by atoms with van der Waals surface area (Å²) in [5.74, 6) is 0.613. The number of aliphatic hydroxyl groups excluding tert-OH is 1. The van der Waals surface area contributed by atoms with Crippen LogP contribution in [0.1, 0.15) is 36.3 Å². The molecule has 0 spiro atoms. The highest BCUT2D eigenvalue weighted by molar-refractivity contribution is 5.94. The molecule has 0 radical (unpaired) electrons. The van der Waals surface area contributed by atoms with Gasteiger partial charge in [0.15, 0.2) is 0 Å². The first kappa shape index (κ1) is 15.4. The molecule has 0 bridgehead atoms. The molecule has 0 aliphatic carbocycles. The number of aryl methyl sites for hydroxylation is 1. The summed E-state index contributed by atoms with van der Waals surface area (Å²) < 4.78 is 0. The van der Waals surface area contributed by atoms with Crippen molar-refractivity contribution in [2.45, 2.75) is 33.3 Å². The third-order valence-corrected chi connectivity index (χ3v) is 2.64. The lowest BCUT2D eigenvalue weighted by Crippen LogP contribution is -2.33. The van der Waals surface area contributed by atoms with Crippen LogP contribution in [-0.4, -0.2) is 47.1 Å². The van der Waals surface area contributed by atoms with Crippen LogP contribution in [-0.2, 0) is 0 Å². The van der Waals surface area contributed by atoms with Crippen molar-refractivity contribution in [2.75, 3.05) is 25.5 Å². The standard InChI is InChI=1S/C14H23N3O2/c1-5-6-15-13-8-12(7-10(2)16-13)14(19)17(4)9-11(3)18/h7-8,11,18H,5-6,9H2,1-4H3,(H,15,16). The number of likely N-dealkylation sites (N-methyl/N-ethyl adjacent to an activating group) is 1. The average molecular weight is 265 g/mol. The first-order valence-corrected chi connectivity index (χ1v) is 6.60. The fourth-order valence-electron chi connectivity index (χ4n) is 1.84. The molecule has 0 aromatic carbocycles. The highest BCUT2D eigenvalue weighted by Gasteiger charge is 2.14. The second kappa shape index (κ2) is 7.09. The number of amides is 1. The first-order chi connectivity index (χ1) is 8.93. The Labute approximate surface area is 114 Å². The maximum Gasteiger partial charge on any atom is 0.253 e. The van der Waals surface area contributed by atoms with Crippen molar-refractivity contribution < 1.29 is 9.90 Å². The normalized spacial score (nSPS) is 12.1. The molecule has 1 unspecified atom stereocenters. The van der Waals surface area contributed by atoms with Crippen LogP contribution in [0.15, 0.2) is 12.1 Å². The maximum atomic E-state index is 12.2. The lowest BCUT2D eigenvalue weighted by molar-refractivity contribution is 0.0703. The highest BCUT2D eigenvalue weighted by Crippen LogP contribution is 2.12. The number of rotatable bonds is 6. The summed E-state index contributed by atoms with van der Waals surface area (Å²) in [5, 5.41) is 12.5. The lowest BCUT2D eigenvalue weighted by atomic mass is 10.2. The van der Waals surface area contributed by atoms with E-state index in [0.29, 0.717) is 12.1 Å². The van der Waals surface area contributed by atoms with Crippen LogP contribution >= 0.6 is 0 Å². The van der Waals surface area contributed by atoms with Crippen LogP contribution in [0.2, 0.25) is 0 Å². The summed E-state index contributed by atoms with van der Waals surface area (Å²) >= 11 is 0. The average Bonchev–Trinajstić information content (AvgIpc) is 2.33. The highest BCUT2D eigenvalue weighted by atomic mass is 16.3. The summed E-state index contributed by atoms with van der Waals surface area (Å²) in [6, 6.07) is 3.52. The molecule has 0 aliphatic heterocycles. The van der Waals surface area contributed by atoms with E-state index < -0.39 is 6.10 Å². The van der Waals surface area contributed by atoms with E-state index in [1.165, 1.54) is 4.90 Å². The number of aromatic nitrogens is 1. The van der Waals surface area contributed by atoms with Crippen LogP contribution in [0.5, 0.6) is 0 Å². The Hall–Kier alpha value is -1.62. The van der Waals surface area contributed by atoms with Gasteiger partial charge < -0.3 is 15.3 Å². The van der Waals surface area contributed by atoms with Gasteiger partial charge in [-0.1, -0.05) is 6.92 Å². The third kappa shape index (κ3) is 4.87. The van der Waals surface area contributed by atoms with Gasteiger partial charge in [-0.3, -0.25) is 4.79 Å². The number of hydrogen-bond donors (Lipinski definition) is 2. The Bertz CT molecular complexity index is 433. The van der Waals surface area contributed by atoms with Gasteiger partial charge in [0.05, 0.1) is 6.10 Å². The van der Waals surface area contributed by atoms with E-state index in [9.17, 15) is 9.90 Å².